The van der Waals surface area contributed by atoms with Crippen molar-refractivity contribution in [3.05, 3.63) is 105 Å². The second-order valence-corrected chi connectivity index (χ2v) is 11.0. The number of phenols is 1. The third-order valence-electron chi connectivity index (χ3n) is 7.10. The number of ketones is 1. The molecular formula is C33H30N2O8S. The van der Waals surface area contributed by atoms with Gasteiger partial charge in [-0.15, -0.1) is 0 Å². The van der Waals surface area contributed by atoms with Crippen LogP contribution in [-0.4, -0.2) is 46.6 Å². The maximum atomic E-state index is 13.6. The van der Waals surface area contributed by atoms with Gasteiger partial charge in [-0.1, -0.05) is 47.7 Å². The van der Waals surface area contributed by atoms with Crippen LogP contribution < -0.4 is 14.4 Å². The first-order valence-corrected chi connectivity index (χ1v) is 14.6. The molecule has 1 aliphatic rings. The molecule has 10 nitrogen and oxygen atoms in total. The Hall–Kier alpha value is -5.16. The number of nitrogens with zero attached hydrogens (tertiary/aromatic N) is 2. The minimum Gasteiger partial charge on any atom is -0.507 e. The molecule has 0 aliphatic carbocycles. The van der Waals surface area contributed by atoms with Crippen LogP contribution in [0, 0.1) is 13.8 Å². The van der Waals surface area contributed by atoms with Crippen LogP contribution in [-0.2, 0) is 20.9 Å². The Morgan fingerprint density at radius 1 is 1.02 bits per heavy atom. The van der Waals surface area contributed by atoms with E-state index in [-0.39, 0.29) is 33.7 Å². The molecule has 5 rings (SSSR count). The van der Waals surface area contributed by atoms with Crippen LogP contribution in [0.1, 0.15) is 50.6 Å². The van der Waals surface area contributed by atoms with E-state index in [0.717, 1.165) is 21.8 Å². The average molecular weight is 615 g/mol. The summed E-state index contributed by atoms with van der Waals surface area (Å²) < 4.78 is 16.4. The fraction of sp³-hybridized carbons (Fsp3) is 0.212. The first-order chi connectivity index (χ1) is 21.1. The van der Waals surface area contributed by atoms with Crippen molar-refractivity contribution in [2.45, 2.75) is 33.4 Å². The lowest BCUT2D eigenvalue weighted by Gasteiger charge is -2.23. The second kappa shape index (κ2) is 12.6. The molecule has 1 atom stereocenters. The zero-order valence-corrected chi connectivity index (χ0v) is 25.3. The number of methoxy groups -OCH3 is 1. The Morgan fingerprint density at radius 2 is 1.77 bits per heavy atom. The maximum Gasteiger partial charge on any atom is 0.350 e. The molecule has 44 heavy (non-hydrogen) atoms. The van der Waals surface area contributed by atoms with Crippen molar-refractivity contribution in [2.75, 3.05) is 18.6 Å². The Morgan fingerprint density at radius 3 is 2.45 bits per heavy atom. The monoisotopic (exact) mass is 614 g/mol. The van der Waals surface area contributed by atoms with Gasteiger partial charge in [-0.05, 0) is 67.8 Å². The molecule has 2 heterocycles. The summed E-state index contributed by atoms with van der Waals surface area (Å²) in [5, 5.41) is 21.9. The van der Waals surface area contributed by atoms with Crippen molar-refractivity contribution >= 4 is 39.9 Å². The summed E-state index contributed by atoms with van der Waals surface area (Å²) in [7, 11) is 1.37. The number of amides is 1. The number of aromatic hydroxyl groups is 1. The molecule has 0 unspecified atom stereocenters. The summed E-state index contributed by atoms with van der Waals surface area (Å²) in [5.41, 5.74) is 2.50. The van der Waals surface area contributed by atoms with Crippen molar-refractivity contribution in [3.63, 3.8) is 0 Å². The number of hydrogen-bond acceptors (Lipinski definition) is 10. The van der Waals surface area contributed by atoms with Crippen molar-refractivity contribution in [2.24, 2.45) is 0 Å². The van der Waals surface area contributed by atoms with E-state index in [0.29, 0.717) is 34.7 Å². The van der Waals surface area contributed by atoms with Gasteiger partial charge < -0.3 is 24.4 Å². The number of aromatic nitrogens is 1. The Labute approximate surface area is 257 Å². The lowest BCUT2D eigenvalue weighted by molar-refractivity contribution is -0.132. The van der Waals surface area contributed by atoms with E-state index in [1.165, 1.54) is 25.3 Å². The summed E-state index contributed by atoms with van der Waals surface area (Å²) in [6, 6.07) is 17.9. The van der Waals surface area contributed by atoms with Crippen LogP contribution in [0.25, 0.3) is 5.76 Å². The van der Waals surface area contributed by atoms with E-state index in [1.807, 2.05) is 37.3 Å². The number of Topliss-reactive ketones (excluding diaryl/α,β-unsaturated/α-hetero) is 1. The molecule has 3 aromatic carbocycles. The van der Waals surface area contributed by atoms with Gasteiger partial charge in [0.25, 0.3) is 5.78 Å². The Kier molecular flexibility index (Phi) is 8.68. The minimum absolute atomic E-state index is 0.0737. The molecule has 0 saturated carbocycles. The highest BCUT2D eigenvalue weighted by Crippen LogP contribution is 2.45. The predicted molar refractivity (Wildman–Crippen MR) is 164 cm³/mol. The molecule has 1 amide bonds. The minimum atomic E-state index is -1.15. The van der Waals surface area contributed by atoms with Crippen molar-refractivity contribution in [1.82, 2.24) is 4.98 Å². The third kappa shape index (κ3) is 5.73. The van der Waals surface area contributed by atoms with Crippen LogP contribution in [0.15, 0.2) is 72.3 Å². The summed E-state index contributed by atoms with van der Waals surface area (Å²) in [6.45, 7) is 5.59. The molecule has 0 spiro atoms. The van der Waals surface area contributed by atoms with Crippen LogP contribution in [0.5, 0.6) is 17.2 Å². The van der Waals surface area contributed by atoms with Crippen molar-refractivity contribution in [3.8, 4) is 17.2 Å². The van der Waals surface area contributed by atoms with Gasteiger partial charge in [-0.3, -0.25) is 14.5 Å². The van der Waals surface area contributed by atoms with Crippen LogP contribution in [0.3, 0.4) is 0 Å². The summed E-state index contributed by atoms with van der Waals surface area (Å²) in [5.74, 6) is -2.33. The Balaban J connectivity index is 1.60. The van der Waals surface area contributed by atoms with E-state index in [4.69, 9.17) is 14.2 Å². The first kappa shape index (κ1) is 30.3. The zero-order valence-electron chi connectivity index (χ0n) is 24.5. The molecule has 4 aromatic rings. The van der Waals surface area contributed by atoms with Gasteiger partial charge in [-0.25, -0.2) is 9.78 Å². The largest absolute Gasteiger partial charge is 0.507 e. The fourth-order valence-corrected chi connectivity index (χ4v) is 5.92. The number of rotatable bonds is 9. The van der Waals surface area contributed by atoms with Gasteiger partial charge in [0.15, 0.2) is 16.6 Å². The number of benzene rings is 3. The standard InChI is InChI=1S/C33H30N2O8S/c1-5-42-32(40)30-19(3)34-33(44-30)35-27(21-11-13-23(36)25(16-21)41-4)26(29(38)31(35)39)28(37)22-12-14-24(18(2)15-22)43-17-20-9-7-6-8-10-20/h6-16,27,36-37H,5,17H2,1-4H3/t27-/m0/s1. The number of ether oxygens (including phenoxy) is 3. The molecule has 1 fully saturated rings. The van der Waals surface area contributed by atoms with Crippen molar-refractivity contribution in [1.29, 1.82) is 0 Å². The number of phenolic OH excluding ortho intramolecular Hbond substituents is 1. The van der Waals surface area contributed by atoms with Gasteiger partial charge in [0, 0.05) is 5.56 Å². The third-order valence-corrected chi connectivity index (χ3v) is 8.24. The van der Waals surface area contributed by atoms with Gasteiger partial charge in [0.2, 0.25) is 0 Å². The molecule has 1 aliphatic heterocycles. The molecule has 0 radical (unpaired) electrons. The number of hydrogen-bond donors (Lipinski definition) is 2. The maximum absolute atomic E-state index is 13.6. The number of anilines is 1. The highest BCUT2D eigenvalue weighted by molar-refractivity contribution is 7.17. The molecule has 226 valence electrons. The SMILES string of the molecule is CCOC(=O)c1sc(N2C(=O)C(=O)C(=C(O)c3ccc(OCc4ccccc4)c(C)c3)[C@@H]2c2ccc(O)c(OC)c2)nc1C. The molecule has 1 aromatic heterocycles. The van der Waals surface area contributed by atoms with Crippen LogP contribution in [0.4, 0.5) is 5.13 Å². The molecule has 11 heteroatoms. The second-order valence-electron chi connectivity index (χ2n) is 9.99. The van der Waals surface area contributed by atoms with Gasteiger partial charge in [0.1, 0.15) is 23.0 Å². The van der Waals surface area contributed by atoms with Gasteiger partial charge >= 0.3 is 11.9 Å². The number of aryl methyl sites for hydroxylation is 2. The molecule has 1 saturated heterocycles. The predicted octanol–water partition coefficient (Wildman–Crippen LogP) is 5.86. The summed E-state index contributed by atoms with van der Waals surface area (Å²) in [4.78, 5) is 45.5. The number of carbonyl (C=O) groups is 3. The number of thiazole rings is 1. The van der Waals surface area contributed by atoms with Gasteiger partial charge in [0.05, 0.1) is 31.0 Å². The number of esters is 1. The lowest BCUT2D eigenvalue weighted by Crippen LogP contribution is -2.29. The van der Waals surface area contributed by atoms with E-state index < -0.39 is 29.5 Å². The summed E-state index contributed by atoms with van der Waals surface area (Å²) >= 11 is 0.906. The van der Waals surface area contributed by atoms with Crippen LogP contribution in [0.2, 0.25) is 0 Å². The first-order valence-electron chi connectivity index (χ1n) is 13.7. The van der Waals surface area contributed by atoms with E-state index in [9.17, 15) is 24.6 Å². The lowest BCUT2D eigenvalue weighted by atomic mass is 9.94. The fourth-order valence-electron chi connectivity index (χ4n) is 4.93. The normalized spacial score (nSPS) is 15.8. The Bertz CT molecular complexity index is 1780. The smallest absolute Gasteiger partial charge is 0.350 e. The van der Waals surface area contributed by atoms with E-state index in [1.54, 1.807) is 32.0 Å². The molecule has 2 N–H and O–H groups in total. The highest BCUT2D eigenvalue weighted by atomic mass is 32.1. The topological polar surface area (TPSA) is 135 Å². The van der Waals surface area contributed by atoms with Crippen molar-refractivity contribution < 1.29 is 38.8 Å². The number of carbonyl (C=O) groups excluding carboxylic acids is 3. The van der Waals surface area contributed by atoms with Crippen LogP contribution >= 0.6 is 11.3 Å². The van der Waals surface area contributed by atoms with Gasteiger partial charge in [-0.2, -0.15) is 0 Å². The van der Waals surface area contributed by atoms with E-state index >= 15 is 0 Å². The average Bonchev–Trinajstić information content (AvgIpc) is 3.53. The van der Waals surface area contributed by atoms with E-state index in [2.05, 4.69) is 4.98 Å². The molecule has 0 bridgehead atoms. The zero-order chi connectivity index (χ0) is 31.5. The molecular weight excluding hydrogens is 584 g/mol. The highest BCUT2D eigenvalue weighted by Gasteiger charge is 2.48. The summed E-state index contributed by atoms with van der Waals surface area (Å²) in [6.07, 6.45) is 0. The quantitative estimate of drug-likeness (QED) is 0.103. The number of aliphatic hydroxyl groups is 1. The number of aliphatic hydroxyl groups excluding tert-OH is 1.